The molecule has 1 amide bonds. The van der Waals surface area contributed by atoms with Gasteiger partial charge in [-0.1, -0.05) is 19.9 Å². The van der Waals surface area contributed by atoms with Crippen LogP contribution in [0.25, 0.3) is 0 Å². The first-order chi connectivity index (χ1) is 8.52. The molecule has 2 unspecified atom stereocenters. The summed E-state index contributed by atoms with van der Waals surface area (Å²) in [6.07, 6.45) is 1.75. The second kappa shape index (κ2) is 7.54. The van der Waals surface area contributed by atoms with E-state index < -0.39 is 0 Å². The quantitative estimate of drug-likeness (QED) is 0.798. The van der Waals surface area contributed by atoms with Crippen LogP contribution in [0.5, 0.6) is 0 Å². The SMILES string of the molecule is CC(C)CC(CN)C(=O)NC(C)Cc1cccs1. The molecule has 18 heavy (non-hydrogen) atoms. The molecule has 4 heteroatoms. The van der Waals surface area contributed by atoms with Crippen LogP contribution in [0.1, 0.15) is 32.1 Å². The largest absolute Gasteiger partial charge is 0.353 e. The summed E-state index contributed by atoms with van der Waals surface area (Å²) in [5, 5.41) is 5.12. The summed E-state index contributed by atoms with van der Waals surface area (Å²) >= 11 is 1.73. The smallest absolute Gasteiger partial charge is 0.224 e. The molecule has 0 aliphatic heterocycles. The molecule has 0 fully saturated rings. The van der Waals surface area contributed by atoms with E-state index in [9.17, 15) is 4.79 Å². The Balaban J connectivity index is 2.42. The molecule has 3 N–H and O–H groups in total. The van der Waals surface area contributed by atoms with Crippen LogP contribution in [-0.2, 0) is 11.2 Å². The first-order valence-electron chi connectivity index (χ1n) is 6.55. The summed E-state index contributed by atoms with van der Waals surface area (Å²) in [5.41, 5.74) is 5.67. The molecule has 0 radical (unpaired) electrons. The van der Waals surface area contributed by atoms with Crippen LogP contribution in [0, 0.1) is 11.8 Å². The third-order valence-corrected chi connectivity index (χ3v) is 3.79. The van der Waals surface area contributed by atoms with Crippen molar-refractivity contribution in [2.45, 2.75) is 39.7 Å². The van der Waals surface area contributed by atoms with Crippen molar-refractivity contribution in [3.8, 4) is 0 Å². The highest BCUT2D eigenvalue weighted by Gasteiger charge is 2.19. The van der Waals surface area contributed by atoms with E-state index in [4.69, 9.17) is 5.73 Å². The number of amides is 1. The molecule has 0 aromatic carbocycles. The minimum Gasteiger partial charge on any atom is -0.353 e. The summed E-state index contributed by atoms with van der Waals surface area (Å²) in [6.45, 7) is 6.70. The van der Waals surface area contributed by atoms with Crippen molar-refractivity contribution in [3.05, 3.63) is 22.4 Å². The molecule has 0 saturated carbocycles. The van der Waals surface area contributed by atoms with Crippen LogP contribution < -0.4 is 11.1 Å². The van der Waals surface area contributed by atoms with Crippen molar-refractivity contribution in [1.82, 2.24) is 5.32 Å². The topological polar surface area (TPSA) is 55.1 Å². The highest BCUT2D eigenvalue weighted by Crippen LogP contribution is 2.13. The summed E-state index contributed by atoms with van der Waals surface area (Å²) in [7, 11) is 0. The first-order valence-corrected chi connectivity index (χ1v) is 7.43. The number of carbonyl (C=O) groups excluding carboxylic acids is 1. The Labute approximate surface area is 114 Å². The summed E-state index contributed by atoms with van der Waals surface area (Å²) in [4.78, 5) is 13.4. The fourth-order valence-corrected chi connectivity index (χ4v) is 2.86. The van der Waals surface area contributed by atoms with Gasteiger partial charge < -0.3 is 11.1 Å². The molecule has 0 bridgehead atoms. The van der Waals surface area contributed by atoms with Crippen LogP contribution in [-0.4, -0.2) is 18.5 Å². The molecule has 1 aromatic heterocycles. The predicted octanol–water partition coefficient (Wildman–Crippen LogP) is 2.42. The predicted molar refractivity (Wildman–Crippen MR) is 77.6 cm³/mol. The Morgan fingerprint density at radius 1 is 1.44 bits per heavy atom. The monoisotopic (exact) mass is 268 g/mol. The fraction of sp³-hybridized carbons (Fsp3) is 0.643. The van der Waals surface area contributed by atoms with Crippen molar-refractivity contribution in [3.63, 3.8) is 0 Å². The normalized spacial score (nSPS) is 14.5. The van der Waals surface area contributed by atoms with Crippen LogP contribution >= 0.6 is 11.3 Å². The fourth-order valence-electron chi connectivity index (χ4n) is 2.02. The molecule has 2 atom stereocenters. The van der Waals surface area contributed by atoms with E-state index in [2.05, 4.69) is 30.6 Å². The van der Waals surface area contributed by atoms with Crippen molar-refractivity contribution in [1.29, 1.82) is 0 Å². The summed E-state index contributed by atoms with van der Waals surface area (Å²) in [6, 6.07) is 4.30. The average molecular weight is 268 g/mol. The van der Waals surface area contributed by atoms with E-state index in [0.29, 0.717) is 12.5 Å². The number of nitrogens with two attached hydrogens (primary N) is 1. The number of carbonyl (C=O) groups is 1. The van der Waals surface area contributed by atoms with E-state index in [1.807, 2.05) is 13.0 Å². The highest BCUT2D eigenvalue weighted by atomic mass is 32.1. The number of hydrogen-bond acceptors (Lipinski definition) is 3. The molecule has 3 nitrogen and oxygen atoms in total. The van der Waals surface area contributed by atoms with Crippen LogP contribution in [0.15, 0.2) is 17.5 Å². The molecule has 1 rings (SSSR count). The summed E-state index contributed by atoms with van der Waals surface area (Å²) in [5.74, 6) is 0.531. The van der Waals surface area contributed by atoms with E-state index in [1.54, 1.807) is 11.3 Å². The van der Waals surface area contributed by atoms with Gasteiger partial charge >= 0.3 is 0 Å². The van der Waals surface area contributed by atoms with Crippen molar-refractivity contribution in [2.24, 2.45) is 17.6 Å². The van der Waals surface area contributed by atoms with Crippen molar-refractivity contribution in [2.75, 3.05) is 6.54 Å². The molecule has 0 aliphatic rings. The van der Waals surface area contributed by atoms with Gasteiger partial charge in [0.2, 0.25) is 5.91 Å². The van der Waals surface area contributed by atoms with Crippen molar-refractivity contribution >= 4 is 17.2 Å². The lowest BCUT2D eigenvalue weighted by Gasteiger charge is -2.20. The maximum atomic E-state index is 12.1. The molecule has 0 spiro atoms. The van der Waals surface area contributed by atoms with Crippen LogP contribution in [0.3, 0.4) is 0 Å². The molecule has 102 valence electrons. The Morgan fingerprint density at radius 2 is 2.17 bits per heavy atom. The van der Waals surface area contributed by atoms with Crippen molar-refractivity contribution < 1.29 is 4.79 Å². The Morgan fingerprint density at radius 3 is 2.67 bits per heavy atom. The zero-order valence-electron chi connectivity index (χ0n) is 11.5. The maximum Gasteiger partial charge on any atom is 0.224 e. The third kappa shape index (κ3) is 5.19. The molecule has 1 aromatic rings. The minimum absolute atomic E-state index is 0.0595. The van der Waals surface area contributed by atoms with Gasteiger partial charge in [0.25, 0.3) is 0 Å². The van der Waals surface area contributed by atoms with Crippen LogP contribution in [0.4, 0.5) is 0 Å². The number of hydrogen-bond donors (Lipinski definition) is 2. The average Bonchev–Trinajstić information content (AvgIpc) is 2.77. The zero-order valence-corrected chi connectivity index (χ0v) is 12.3. The van der Waals surface area contributed by atoms with Gasteiger partial charge in [-0.3, -0.25) is 4.79 Å². The summed E-state index contributed by atoms with van der Waals surface area (Å²) < 4.78 is 0. The van der Waals surface area contributed by atoms with Gasteiger partial charge in [-0.15, -0.1) is 11.3 Å². The van der Waals surface area contributed by atoms with Gasteiger partial charge in [0.05, 0.1) is 5.92 Å². The lowest BCUT2D eigenvalue weighted by atomic mass is 9.96. The van der Waals surface area contributed by atoms with Gasteiger partial charge in [-0.2, -0.15) is 0 Å². The Hall–Kier alpha value is -0.870. The molecule has 1 heterocycles. The standard InChI is InChI=1S/C14H24N2OS/c1-10(2)7-12(9-15)14(17)16-11(3)8-13-5-4-6-18-13/h4-6,10-12H,7-9,15H2,1-3H3,(H,16,17). The molecule has 0 saturated heterocycles. The van der Waals surface area contributed by atoms with E-state index in [1.165, 1.54) is 4.88 Å². The van der Waals surface area contributed by atoms with Gasteiger partial charge in [0.15, 0.2) is 0 Å². The van der Waals surface area contributed by atoms with Gasteiger partial charge in [-0.25, -0.2) is 0 Å². The van der Waals surface area contributed by atoms with E-state index >= 15 is 0 Å². The lowest BCUT2D eigenvalue weighted by molar-refractivity contribution is -0.125. The minimum atomic E-state index is -0.0595. The van der Waals surface area contributed by atoms with E-state index in [-0.39, 0.29) is 17.9 Å². The third-order valence-electron chi connectivity index (χ3n) is 2.89. The van der Waals surface area contributed by atoms with E-state index in [0.717, 1.165) is 12.8 Å². The second-order valence-electron chi connectivity index (χ2n) is 5.26. The first kappa shape index (κ1) is 15.2. The number of rotatable bonds is 7. The van der Waals surface area contributed by atoms with Gasteiger partial charge in [0, 0.05) is 23.9 Å². The van der Waals surface area contributed by atoms with Crippen LogP contribution in [0.2, 0.25) is 0 Å². The highest BCUT2D eigenvalue weighted by molar-refractivity contribution is 7.09. The van der Waals surface area contributed by atoms with Gasteiger partial charge in [-0.05, 0) is 30.7 Å². The Kier molecular flexibility index (Phi) is 6.36. The molecular formula is C14H24N2OS. The number of nitrogens with one attached hydrogen (secondary N) is 1. The zero-order chi connectivity index (χ0) is 13.5. The number of thiophene rings is 1. The molecular weight excluding hydrogens is 244 g/mol. The molecule has 0 aliphatic carbocycles. The maximum absolute atomic E-state index is 12.1. The Bertz CT molecular complexity index is 349. The second-order valence-corrected chi connectivity index (χ2v) is 6.29. The lowest BCUT2D eigenvalue weighted by Crippen LogP contribution is -2.41. The van der Waals surface area contributed by atoms with Gasteiger partial charge in [0.1, 0.15) is 0 Å².